The molecule has 3 fully saturated rings. The molecule has 118 heavy (non-hydrogen) atoms. The molecule has 11 nitrogen and oxygen atoms in total. The first-order valence-electron chi connectivity index (χ1n) is 43.1. The van der Waals surface area contributed by atoms with Crippen molar-refractivity contribution < 1.29 is 60.6 Å². The third kappa shape index (κ3) is 32.1. The van der Waals surface area contributed by atoms with Crippen LogP contribution in [-0.2, 0) is 26.6 Å². The van der Waals surface area contributed by atoms with Crippen LogP contribution in [0.2, 0.25) is 0 Å². The van der Waals surface area contributed by atoms with Gasteiger partial charge in [0.05, 0.1) is 60.3 Å². The third-order valence-corrected chi connectivity index (χ3v) is 23.2. The van der Waals surface area contributed by atoms with Crippen molar-refractivity contribution in [3.8, 4) is 34.8 Å². The highest BCUT2D eigenvalue weighted by Crippen LogP contribution is 2.44. The number of methoxy groups -OCH3 is 2. The van der Waals surface area contributed by atoms with E-state index >= 15 is 0 Å². The molecule has 3 aliphatic carbocycles. The molecular formula is C103H146F3NO10S. The van der Waals surface area contributed by atoms with E-state index in [1.165, 1.54) is 63.1 Å². The first-order valence-corrected chi connectivity index (χ1v) is 44.6. The fourth-order valence-corrected chi connectivity index (χ4v) is 14.3. The third-order valence-electron chi connectivity index (χ3n) is 21.8. The average molecular weight is 1650 g/mol. The Morgan fingerprint density at radius 3 is 1.14 bits per heavy atom. The summed E-state index contributed by atoms with van der Waals surface area (Å²) in [6.07, 6.45) is 12.6. The smallest absolute Gasteiger partial charge is 0.341 e. The van der Waals surface area contributed by atoms with Crippen LogP contribution in [0.5, 0.6) is 28.7 Å². The highest BCUT2D eigenvalue weighted by molar-refractivity contribution is 7.91. The van der Waals surface area contributed by atoms with E-state index < -0.39 is 32.4 Å². The van der Waals surface area contributed by atoms with Gasteiger partial charge in [-0.25, -0.2) is 12.8 Å². The molecule has 650 valence electrons. The van der Waals surface area contributed by atoms with Gasteiger partial charge in [0.2, 0.25) is 9.84 Å². The van der Waals surface area contributed by atoms with Gasteiger partial charge >= 0.3 is 5.76 Å². The van der Waals surface area contributed by atoms with Gasteiger partial charge in [-0.15, -0.1) is 0 Å². The average Bonchev–Trinajstić information content (AvgIpc) is 0.780. The summed E-state index contributed by atoms with van der Waals surface area (Å²) in [4.78, 5) is -0.332. The molecule has 0 aromatic heterocycles. The molecule has 0 unspecified atom stereocenters. The number of halogens is 3. The van der Waals surface area contributed by atoms with Gasteiger partial charge in [0, 0.05) is 0 Å². The predicted octanol–water partition coefficient (Wildman–Crippen LogP) is 28.0. The SMILES string of the molecule is CC(C)Oc1ccc(C(C)C)cc1C#N.CC(C)Oc1cccc(C(C)C)c1F.CC(C)c1ccc(C2(O)CCC2)cc1.CC(C)c1ccc(C2(O)CCCCC2)cc1.CC(C)c1ccc(S(=O)(=O)C(F)F)cc1.COc1cc(C(C)C)ccc1OCCC(C)C.COc1ccc(C(C)C)cc1C.Cc1cc(C(C)C)ccc1C1(O)CCC1. The van der Waals surface area contributed by atoms with Gasteiger partial charge in [-0.05, 0) is 273 Å². The Labute approximate surface area is 710 Å². The maximum atomic E-state index is 13.8. The lowest BCUT2D eigenvalue weighted by Crippen LogP contribution is -2.34. The van der Waals surface area contributed by atoms with Crippen LogP contribution in [0.15, 0.2) is 169 Å². The van der Waals surface area contributed by atoms with Crippen LogP contribution in [-0.4, -0.2) is 62.5 Å². The summed E-state index contributed by atoms with van der Waals surface area (Å²) in [5.41, 5.74) is 14.3. The van der Waals surface area contributed by atoms with Crippen molar-refractivity contribution in [3.05, 3.63) is 247 Å². The summed E-state index contributed by atoms with van der Waals surface area (Å²) in [6.45, 7) is 51.0. The topological polar surface area (TPSA) is 165 Å². The number of aliphatic hydroxyl groups is 3. The Bertz CT molecular complexity index is 4410. The minimum absolute atomic E-state index is 0.00640. The zero-order valence-electron chi connectivity index (χ0n) is 76.4. The molecule has 0 amide bonds. The van der Waals surface area contributed by atoms with E-state index in [0.29, 0.717) is 64.1 Å². The highest BCUT2D eigenvalue weighted by atomic mass is 32.2. The Balaban J connectivity index is 0.000000284. The summed E-state index contributed by atoms with van der Waals surface area (Å²) in [6, 6.07) is 54.8. The molecule has 0 spiro atoms. The van der Waals surface area contributed by atoms with Crippen molar-refractivity contribution >= 4 is 9.84 Å². The van der Waals surface area contributed by atoms with E-state index in [-0.39, 0.29) is 34.8 Å². The number of alkyl halides is 2. The first-order chi connectivity index (χ1) is 55.4. The molecular weight excluding hydrogens is 1500 g/mol. The molecule has 15 heteroatoms. The fourth-order valence-electron chi connectivity index (χ4n) is 13.6. The summed E-state index contributed by atoms with van der Waals surface area (Å²) in [5.74, 6) is 4.42. The van der Waals surface area contributed by atoms with Crippen LogP contribution in [0.1, 0.15) is 355 Å². The summed E-state index contributed by atoms with van der Waals surface area (Å²) in [5, 5.41) is 40.0. The molecule has 3 saturated carbocycles. The van der Waals surface area contributed by atoms with Crippen LogP contribution in [0.25, 0.3) is 0 Å². The van der Waals surface area contributed by atoms with Gasteiger partial charge in [-0.3, -0.25) is 0 Å². The van der Waals surface area contributed by atoms with Crippen LogP contribution in [0.3, 0.4) is 0 Å². The van der Waals surface area contributed by atoms with E-state index in [1.807, 2.05) is 91.8 Å². The van der Waals surface area contributed by atoms with E-state index in [2.05, 4.69) is 208 Å². The Kier molecular flexibility index (Phi) is 42.4. The van der Waals surface area contributed by atoms with Crippen LogP contribution < -0.4 is 23.7 Å². The largest absolute Gasteiger partial charge is 0.496 e. The number of aryl methyl sites for hydroxylation is 2. The van der Waals surface area contributed by atoms with E-state index in [1.54, 1.807) is 38.5 Å². The molecule has 3 N–H and O–H groups in total. The number of benzene rings is 8. The summed E-state index contributed by atoms with van der Waals surface area (Å²) >= 11 is 0. The lowest BCUT2D eigenvalue weighted by atomic mass is 9.73. The number of hydrogen-bond donors (Lipinski definition) is 3. The first kappa shape index (κ1) is 102. The molecule has 8 aromatic carbocycles. The fraction of sp³-hybridized carbons (Fsp3) is 0.524. The summed E-state index contributed by atoms with van der Waals surface area (Å²) in [7, 11) is -1.06. The monoisotopic (exact) mass is 1650 g/mol. The normalized spacial score (nSPS) is 14.3. The molecule has 0 aliphatic heterocycles. The minimum atomic E-state index is -4.45. The van der Waals surface area contributed by atoms with Crippen molar-refractivity contribution in [1.29, 1.82) is 5.26 Å². The second-order valence-electron chi connectivity index (χ2n) is 35.3. The van der Waals surface area contributed by atoms with Crippen LogP contribution in [0, 0.1) is 36.9 Å². The minimum Gasteiger partial charge on any atom is -0.496 e. The van der Waals surface area contributed by atoms with E-state index in [0.717, 1.165) is 117 Å². The quantitative estimate of drug-likeness (QED) is 0.0558. The van der Waals surface area contributed by atoms with Gasteiger partial charge in [0.25, 0.3) is 0 Å². The molecule has 8 aromatic rings. The lowest BCUT2D eigenvalue weighted by Gasteiger charge is -2.38. The van der Waals surface area contributed by atoms with Gasteiger partial charge in [0.15, 0.2) is 23.1 Å². The molecule has 11 rings (SSSR count). The molecule has 0 radical (unpaired) electrons. The number of rotatable bonds is 23. The Morgan fingerprint density at radius 2 is 0.780 bits per heavy atom. The lowest BCUT2D eigenvalue weighted by molar-refractivity contribution is -0.0394. The number of sulfone groups is 1. The van der Waals surface area contributed by atoms with Crippen molar-refractivity contribution in [1.82, 2.24) is 0 Å². The number of nitrogens with zero attached hydrogens (tertiary/aromatic N) is 1. The molecule has 0 saturated heterocycles. The standard InChI is InChI=1S/C15H24O2.C15H22O.C14H20O.C13H17NO.C13H18O.C12H17FO.C11H16O.C10H12F2O2S/c1-11(2)8-9-17-14-7-6-13(12(3)4)10-15(14)16-5;1-12(2)13-6-8-14(9-7-13)15(16)10-4-3-5-11-15;1-10(2)12-5-6-13(11(3)9-12)14(15)7-4-8-14;1-9(2)11-5-6-13(15-10(3)4)12(7-11)8-14;1-10(2)11-4-6-12(7-5-11)13(14)8-3-9-13;1-8(2)10-6-5-7-11(12(10)13)14-9(3)4;1-8(2)10-5-6-11(12-4)9(3)7-10;1-7(2)8-3-5-9(6-4-8)15(13,14)10(11)12/h6-7,10-12H,8-9H2,1-5H3;6-9,12,16H,3-5,10-11H2,1-2H3;5-6,9-10,15H,4,7-8H2,1-3H3;5-7,9-10H,1-4H3;4-7,10,14H,3,8-9H2,1-2H3;5-9H,1-4H3;5-8H,1-4H3;3-7,10H,1-2H3. The van der Waals surface area contributed by atoms with Crippen molar-refractivity contribution in [2.75, 3.05) is 20.8 Å². The maximum absolute atomic E-state index is 13.8. The second kappa shape index (κ2) is 49.0. The van der Waals surface area contributed by atoms with Gasteiger partial charge < -0.3 is 39.0 Å². The van der Waals surface area contributed by atoms with Gasteiger partial charge in [-0.1, -0.05) is 259 Å². The molecule has 0 heterocycles. The van der Waals surface area contributed by atoms with Crippen molar-refractivity contribution in [2.24, 2.45) is 5.92 Å². The zero-order valence-corrected chi connectivity index (χ0v) is 77.2. The maximum Gasteiger partial charge on any atom is 0.341 e. The number of nitriles is 1. The Morgan fingerprint density at radius 1 is 0.407 bits per heavy atom. The zero-order chi connectivity index (χ0) is 88.6. The Hall–Kier alpha value is -8.13. The van der Waals surface area contributed by atoms with Gasteiger partial charge in [-0.2, -0.15) is 14.0 Å². The van der Waals surface area contributed by atoms with E-state index in [9.17, 15) is 36.9 Å². The summed E-state index contributed by atoms with van der Waals surface area (Å²) < 4.78 is 87.4. The van der Waals surface area contributed by atoms with Crippen molar-refractivity contribution in [3.63, 3.8) is 0 Å². The van der Waals surface area contributed by atoms with Crippen LogP contribution >= 0.6 is 0 Å². The predicted molar refractivity (Wildman–Crippen MR) is 484 cm³/mol. The molecule has 3 aliphatic rings. The van der Waals surface area contributed by atoms with E-state index in [4.69, 9.17) is 28.9 Å². The highest BCUT2D eigenvalue weighted by Gasteiger charge is 2.38. The van der Waals surface area contributed by atoms with Crippen LogP contribution in [0.4, 0.5) is 13.2 Å². The number of hydrogen-bond acceptors (Lipinski definition) is 11. The second-order valence-corrected chi connectivity index (χ2v) is 37.2. The number of ether oxygens (including phenoxy) is 5. The molecule has 0 atom stereocenters. The van der Waals surface area contributed by atoms with Crippen molar-refractivity contribution in [2.45, 2.75) is 330 Å². The van der Waals surface area contributed by atoms with Gasteiger partial charge in [0.1, 0.15) is 17.6 Å². The molecule has 0 bridgehead atoms.